The first kappa shape index (κ1) is 14.0. The molecule has 1 aromatic rings. The maximum Gasteiger partial charge on any atom is 0.345 e. The summed E-state index contributed by atoms with van der Waals surface area (Å²) in [6.07, 6.45) is 3.31. The zero-order chi connectivity index (χ0) is 13.6. The Morgan fingerprint density at radius 3 is 2.39 bits per heavy atom. The lowest BCUT2D eigenvalue weighted by Crippen LogP contribution is -2.28. The fourth-order valence-electron chi connectivity index (χ4n) is 1.21. The molecule has 0 unspecified atom stereocenters. The van der Waals surface area contributed by atoms with Gasteiger partial charge < -0.3 is 9.47 Å². The lowest BCUT2D eigenvalue weighted by molar-refractivity contribution is -0.154. The molecule has 1 rings (SSSR count). The van der Waals surface area contributed by atoms with Gasteiger partial charge in [-0.3, -0.25) is 0 Å². The van der Waals surface area contributed by atoms with Gasteiger partial charge in [0, 0.05) is 0 Å². The summed E-state index contributed by atoms with van der Waals surface area (Å²) in [7, 11) is 0. The highest BCUT2D eigenvalue weighted by molar-refractivity contribution is 5.71. The van der Waals surface area contributed by atoms with Crippen molar-refractivity contribution in [2.75, 3.05) is 6.61 Å². The Morgan fingerprint density at radius 2 is 1.89 bits per heavy atom. The number of rotatable bonds is 6. The van der Waals surface area contributed by atoms with Crippen molar-refractivity contribution in [3.63, 3.8) is 0 Å². The predicted molar refractivity (Wildman–Crippen MR) is 72.4 cm³/mol. The Hall–Kier alpha value is -2.03. The van der Waals surface area contributed by atoms with Crippen LogP contribution in [0.3, 0.4) is 0 Å². The monoisotopic (exact) mass is 246 g/mol. The number of carbonyl (C=O) groups is 1. The minimum atomic E-state index is -0.673. The molecule has 0 saturated carbocycles. The number of ether oxygens (including phenoxy) is 2. The van der Waals surface area contributed by atoms with Crippen molar-refractivity contribution in [3.05, 3.63) is 49.1 Å². The fourth-order valence-corrected chi connectivity index (χ4v) is 1.21. The molecule has 0 N–H and O–H groups in total. The van der Waals surface area contributed by atoms with Crippen LogP contribution in [0.15, 0.2) is 43.5 Å². The molecule has 0 heterocycles. The van der Waals surface area contributed by atoms with E-state index in [9.17, 15) is 4.79 Å². The molecular formula is C15H18O3. The summed E-state index contributed by atoms with van der Waals surface area (Å²) >= 11 is 0. The van der Waals surface area contributed by atoms with E-state index in [0.29, 0.717) is 5.75 Å². The van der Waals surface area contributed by atoms with Gasteiger partial charge in [0.15, 0.2) is 6.61 Å². The Kier molecular flexibility index (Phi) is 4.72. The third-order valence-electron chi connectivity index (χ3n) is 2.34. The summed E-state index contributed by atoms with van der Waals surface area (Å²) in [5, 5.41) is 0. The molecular weight excluding hydrogens is 228 g/mol. The van der Waals surface area contributed by atoms with E-state index in [-0.39, 0.29) is 6.61 Å². The zero-order valence-electron chi connectivity index (χ0n) is 10.8. The Balaban J connectivity index is 2.47. The predicted octanol–water partition coefficient (Wildman–Crippen LogP) is 3.22. The van der Waals surface area contributed by atoms with Crippen molar-refractivity contribution >= 4 is 12.0 Å². The molecule has 0 aliphatic carbocycles. The van der Waals surface area contributed by atoms with E-state index in [1.807, 2.05) is 12.1 Å². The number of hydrogen-bond acceptors (Lipinski definition) is 3. The number of carbonyl (C=O) groups excluding carboxylic acids is 1. The Bertz CT molecular complexity index is 430. The average molecular weight is 246 g/mol. The van der Waals surface area contributed by atoms with Crippen molar-refractivity contribution in [1.29, 1.82) is 0 Å². The molecule has 96 valence electrons. The van der Waals surface area contributed by atoms with E-state index in [2.05, 4.69) is 13.2 Å². The van der Waals surface area contributed by atoms with E-state index in [1.165, 1.54) is 0 Å². The molecule has 0 amide bonds. The van der Waals surface area contributed by atoms with Crippen LogP contribution >= 0.6 is 0 Å². The maximum atomic E-state index is 11.5. The van der Waals surface area contributed by atoms with E-state index in [1.54, 1.807) is 38.1 Å². The zero-order valence-corrected chi connectivity index (χ0v) is 10.8. The molecule has 0 fully saturated rings. The topological polar surface area (TPSA) is 35.5 Å². The van der Waals surface area contributed by atoms with Gasteiger partial charge in [-0.1, -0.05) is 31.4 Å². The van der Waals surface area contributed by atoms with Crippen molar-refractivity contribution in [3.8, 4) is 5.75 Å². The van der Waals surface area contributed by atoms with E-state index < -0.39 is 11.6 Å². The van der Waals surface area contributed by atoms with E-state index in [0.717, 1.165) is 5.56 Å². The molecule has 0 aliphatic rings. The Labute approximate surface area is 108 Å². The first-order valence-corrected chi connectivity index (χ1v) is 5.67. The first-order chi connectivity index (χ1) is 8.46. The molecule has 0 bridgehead atoms. The van der Waals surface area contributed by atoms with Crippen LogP contribution in [0.2, 0.25) is 0 Å². The molecule has 1 aromatic carbocycles. The van der Waals surface area contributed by atoms with Gasteiger partial charge in [0.2, 0.25) is 0 Å². The normalized spacial score (nSPS) is 10.6. The van der Waals surface area contributed by atoms with E-state index >= 15 is 0 Å². The maximum absolute atomic E-state index is 11.5. The first-order valence-electron chi connectivity index (χ1n) is 5.67. The molecule has 3 heteroatoms. The van der Waals surface area contributed by atoms with Crippen LogP contribution in [0.1, 0.15) is 19.4 Å². The summed E-state index contributed by atoms with van der Waals surface area (Å²) in [5.74, 6) is 0.196. The summed E-state index contributed by atoms with van der Waals surface area (Å²) in [6.45, 7) is 10.7. The van der Waals surface area contributed by atoms with Gasteiger partial charge in [-0.2, -0.15) is 0 Å². The average Bonchev–Trinajstić information content (AvgIpc) is 2.36. The highest BCUT2D eigenvalue weighted by Crippen LogP contribution is 2.14. The summed E-state index contributed by atoms with van der Waals surface area (Å²) in [5.41, 5.74) is 0.324. The van der Waals surface area contributed by atoms with Gasteiger partial charge in [-0.05, 0) is 37.6 Å². The molecule has 3 nitrogen and oxygen atoms in total. The van der Waals surface area contributed by atoms with Gasteiger partial charge in [0.25, 0.3) is 0 Å². The van der Waals surface area contributed by atoms with Gasteiger partial charge >= 0.3 is 5.97 Å². The largest absolute Gasteiger partial charge is 0.482 e. The van der Waals surface area contributed by atoms with Gasteiger partial charge in [-0.15, -0.1) is 0 Å². The molecule has 18 heavy (non-hydrogen) atoms. The third-order valence-corrected chi connectivity index (χ3v) is 2.34. The van der Waals surface area contributed by atoms with Crippen LogP contribution in [-0.4, -0.2) is 18.2 Å². The standard InChI is InChI=1S/C15H18O3/c1-5-12-7-9-13(10-8-12)17-11-14(16)18-15(3,4)6-2/h5-10H,1-2,11H2,3-4H3. The molecule has 0 aromatic heterocycles. The van der Waals surface area contributed by atoms with Crippen LogP contribution in [0.5, 0.6) is 5.75 Å². The number of esters is 1. The molecule has 0 radical (unpaired) electrons. The third kappa shape index (κ3) is 4.45. The quantitative estimate of drug-likeness (QED) is 0.571. The summed E-state index contributed by atoms with van der Waals surface area (Å²) in [4.78, 5) is 11.5. The molecule has 0 atom stereocenters. The Morgan fingerprint density at radius 1 is 1.28 bits per heavy atom. The highest BCUT2D eigenvalue weighted by atomic mass is 16.6. The summed E-state index contributed by atoms with van der Waals surface area (Å²) in [6, 6.07) is 7.29. The summed E-state index contributed by atoms with van der Waals surface area (Å²) < 4.78 is 10.5. The lowest BCUT2D eigenvalue weighted by Gasteiger charge is -2.20. The SMILES string of the molecule is C=Cc1ccc(OCC(=O)OC(C)(C)C=C)cc1. The minimum absolute atomic E-state index is 0.120. The second kappa shape index (κ2) is 6.05. The second-order valence-electron chi connectivity index (χ2n) is 4.34. The van der Waals surface area contributed by atoms with Crippen LogP contribution in [0.4, 0.5) is 0 Å². The van der Waals surface area contributed by atoms with Gasteiger partial charge in [0.05, 0.1) is 0 Å². The number of benzene rings is 1. The second-order valence-corrected chi connectivity index (χ2v) is 4.34. The van der Waals surface area contributed by atoms with Crippen molar-refractivity contribution < 1.29 is 14.3 Å². The van der Waals surface area contributed by atoms with Crippen molar-refractivity contribution in [1.82, 2.24) is 0 Å². The van der Waals surface area contributed by atoms with Crippen LogP contribution in [0, 0.1) is 0 Å². The van der Waals surface area contributed by atoms with Gasteiger partial charge in [0.1, 0.15) is 11.4 Å². The molecule has 0 saturated heterocycles. The van der Waals surface area contributed by atoms with Crippen LogP contribution in [-0.2, 0) is 9.53 Å². The molecule has 0 spiro atoms. The van der Waals surface area contributed by atoms with Crippen molar-refractivity contribution in [2.45, 2.75) is 19.4 Å². The van der Waals surface area contributed by atoms with E-state index in [4.69, 9.17) is 9.47 Å². The minimum Gasteiger partial charge on any atom is -0.482 e. The molecule has 0 aliphatic heterocycles. The number of hydrogen-bond donors (Lipinski definition) is 0. The van der Waals surface area contributed by atoms with Crippen LogP contribution in [0.25, 0.3) is 6.08 Å². The highest BCUT2D eigenvalue weighted by Gasteiger charge is 2.18. The smallest absolute Gasteiger partial charge is 0.345 e. The fraction of sp³-hybridized carbons (Fsp3) is 0.267. The lowest BCUT2D eigenvalue weighted by atomic mass is 10.1. The van der Waals surface area contributed by atoms with Gasteiger partial charge in [-0.25, -0.2) is 4.79 Å². The van der Waals surface area contributed by atoms with Crippen molar-refractivity contribution in [2.24, 2.45) is 0 Å². The van der Waals surface area contributed by atoms with Crippen LogP contribution < -0.4 is 4.74 Å².